The molecule has 174 valence electrons. The minimum absolute atomic E-state index is 0.218. The summed E-state index contributed by atoms with van der Waals surface area (Å²) in [6, 6.07) is 8.51. The summed E-state index contributed by atoms with van der Waals surface area (Å²) >= 11 is 0. The first kappa shape index (κ1) is 22.8. The molecule has 9 nitrogen and oxygen atoms in total. The van der Waals surface area contributed by atoms with Crippen LogP contribution in [-0.2, 0) is 21.2 Å². The maximum Gasteiger partial charge on any atom is 0.328 e. The third kappa shape index (κ3) is 4.56. The van der Waals surface area contributed by atoms with Crippen molar-refractivity contribution in [3.05, 3.63) is 35.9 Å². The van der Waals surface area contributed by atoms with E-state index in [2.05, 4.69) is 15.0 Å². The molecule has 0 bridgehead atoms. The molecule has 10 heteroatoms. The van der Waals surface area contributed by atoms with Gasteiger partial charge in [0.15, 0.2) is 5.58 Å². The lowest BCUT2D eigenvalue weighted by atomic mass is 9.84. The number of rotatable bonds is 5. The topological polar surface area (TPSA) is 114 Å². The summed E-state index contributed by atoms with van der Waals surface area (Å²) in [5.41, 5.74) is 3.56. The molecule has 0 radical (unpaired) electrons. The average molecular weight is 471 g/mol. The summed E-state index contributed by atoms with van der Waals surface area (Å²) in [4.78, 5) is 30.3. The summed E-state index contributed by atoms with van der Waals surface area (Å²) in [5.74, 6) is 0.633. The number of carbonyl (C=O) groups excluding carboxylic acids is 2. The summed E-state index contributed by atoms with van der Waals surface area (Å²) in [6.07, 6.45) is 1.76. The van der Waals surface area contributed by atoms with Crippen LogP contribution in [0.25, 0.3) is 22.6 Å². The van der Waals surface area contributed by atoms with Gasteiger partial charge in [-0.05, 0) is 29.7 Å². The second-order valence-electron chi connectivity index (χ2n) is 8.84. The number of urea groups is 1. The minimum Gasteiger partial charge on any atom is -0.496 e. The monoisotopic (exact) mass is 470 g/mol. The highest BCUT2D eigenvalue weighted by Crippen LogP contribution is 2.43. The van der Waals surface area contributed by atoms with E-state index in [1.165, 1.54) is 4.90 Å². The van der Waals surface area contributed by atoms with Gasteiger partial charge in [-0.25, -0.2) is 14.0 Å². The number of anilines is 2. The van der Waals surface area contributed by atoms with Crippen LogP contribution in [0, 0.1) is 0 Å². The molecule has 1 aliphatic heterocycles. The van der Waals surface area contributed by atoms with Crippen LogP contribution in [0.1, 0.15) is 32.8 Å². The van der Waals surface area contributed by atoms with Crippen LogP contribution in [0.15, 0.2) is 34.7 Å². The fourth-order valence-electron chi connectivity index (χ4n) is 3.79. The molecule has 0 aliphatic carbocycles. The zero-order valence-corrected chi connectivity index (χ0v) is 20.0. The lowest BCUT2D eigenvalue weighted by Crippen LogP contribution is -2.49. The van der Waals surface area contributed by atoms with Gasteiger partial charge in [0.2, 0.25) is 11.8 Å². The molecule has 2 aromatic carbocycles. The van der Waals surface area contributed by atoms with E-state index in [1.807, 2.05) is 26.8 Å². The number of oxazole rings is 1. The van der Waals surface area contributed by atoms with Crippen molar-refractivity contribution in [3.8, 4) is 17.2 Å². The molecule has 3 aromatic rings. The van der Waals surface area contributed by atoms with Crippen LogP contribution < -0.4 is 19.7 Å². The highest BCUT2D eigenvalue weighted by molar-refractivity contribution is 7.85. The first-order valence-electron chi connectivity index (χ1n) is 10.4. The van der Waals surface area contributed by atoms with Crippen LogP contribution in [0.2, 0.25) is 0 Å². The zero-order valence-electron chi connectivity index (χ0n) is 19.1. The van der Waals surface area contributed by atoms with Crippen molar-refractivity contribution in [2.75, 3.05) is 29.5 Å². The number of aromatic nitrogens is 1. The van der Waals surface area contributed by atoms with Crippen molar-refractivity contribution in [2.45, 2.75) is 32.6 Å². The van der Waals surface area contributed by atoms with E-state index in [9.17, 15) is 13.8 Å². The Kier molecular flexibility index (Phi) is 5.87. The Morgan fingerprint density at radius 2 is 1.97 bits per heavy atom. The van der Waals surface area contributed by atoms with E-state index in [1.54, 1.807) is 37.6 Å². The molecule has 2 heterocycles. The van der Waals surface area contributed by atoms with Crippen LogP contribution in [0.3, 0.4) is 0 Å². The maximum absolute atomic E-state index is 12.5. The molecule has 1 atom stereocenters. The van der Waals surface area contributed by atoms with Crippen molar-refractivity contribution >= 4 is 45.4 Å². The van der Waals surface area contributed by atoms with E-state index >= 15 is 0 Å². The number of benzene rings is 2. The van der Waals surface area contributed by atoms with Gasteiger partial charge in [-0.3, -0.25) is 15.0 Å². The standard InChI is InChI=1S/C23H26N4O5S/c1-23(2,3)16-12-14(27-9-8-19(28)25-22(27)29)11-15(20(16)31-4)21-24-17-7-6-13(26-33(5)30)10-18(17)32-21/h6-7,10-12,26H,8-9H2,1-5H3,(H,25,28,29). The summed E-state index contributed by atoms with van der Waals surface area (Å²) < 4.78 is 26.2. The van der Waals surface area contributed by atoms with E-state index in [-0.39, 0.29) is 24.3 Å². The molecule has 0 saturated carbocycles. The third-order valence-corrected chi connectivity index (χ3v) is 5.86. The van der Waals surface area contributed by atoms with Crippen LogP contribution in [0.5, 0.6) is 5.75 Å². The van der Waals surface area contributed by atoms with Crippen LogP contribution >= 0.6 is 0 Å². The third-order valence-electron chi connectivity index (χ3n) is 5.33. The molecule has 1 fully saturated rings. The number of nitrogens with zero attached hydrogens (tertiary/aromatic N) is 2. The Hall–Kier alpha value is -3.40. The van der Waals surface area contributed by atoms with Gasteiger partial charge in [-0.1, -0.05) is 20.8 Å². The van der Waals surface area contributed by atoms with E-state index in [0.717, 1.165) is 5.56 Å². The van der Waals surface area contributed by atoms with Gasteiger partial charge in [-0.15, -0.1) is 0 Å². The molecular weight excluding hydrogens is 444 g/mol. The number of hydrogen-bond acceptors (Lipinski definition) is 6. The molecule has 0 spiro atoms. The average Bonchev–Trinajstić information content (AvgIpc) is 3.15. The molecule has 1 saturated heterocycles. The number of imide groups is 1. The van der Waals surface area contributed by atoms with Crippen LogP contribution in [0.4, 0.5) is 16.2 Å². The molecule has 2 N–H and O–H groups in total. The van der Waals surface area contributed by atoms with Crippen molar-refractivity contribution in [1.29, 1.82) is 0 Å². The van der Waals surface area contributed by atoms with Gasteiger partial charge in [0.05, 0.1) is 18.4 Å². The smallest absolute Gasteiger partial charge is 0.328 e. The van der Waals surface area contributed by atoms with Gasteiger partial charge in [0.25, 0.3) is 0 Å². The van der Waals surface area contributed by atoms with Crippen molar-refractivity contribution in [1.82, 2.24) is 10.3 Å². The summed E-state index contributed by atoms with van der Waals surface area (Å²) in [6.45, 7) is 6.42. The zero-order chi connectivity index (χ0) is 23.9. The molecule has 1 aliphatic rings. The number of methoxy groups -OCH3 is 1. The fourth-order valence-corrected chi connectivity index (χ4v) is 4.24. The highest BCUT2D eigenvalue weighted by Gasteiger charge is 2.30. The molecule has 4 rings (SSSR count). The molecule has 3 amide bonds. The maximum atomic E-state index is 12.5. The van der Waals surface area contributed by atoms with Crippen molar-refractivity contribution < 1.29 is 23.0 Å². The SMILES string of the molecule is COc1c(-c2nc3ccc(NS(C)=O)cc3o2)cc(N2CCC(=O)NC2=O)cc1C(C)(C)C. The van der Waals surface area contributed by atoms with Gasteiger partial charge < -0.3 is 13.9 Å². The molecular formula is C23H26N4O5S. The Balaban J connectivity index is 1.88. The molecule has 1 aromatic heterocycles. The van der Waals surface area contributed by atoms with Crippen molar-refractivity contribution in [3.63, 3.8) is 0 Å². The molecule has 33 heavy (non-hydrogen) atoms. The minimum atomic E-state index is -1.22. The number of ether oxygens (including phenoxy) is 1. The lowest BCUT2D eigenvalue weighted by Gasteiger charge is -2.30. The quantitative estimate of drug-likeness (QED) is 0.584. The van der Waals surface area contributed by atoms with Gasteiger partial charge in [0.1, 0.15) is 22.3 Å². The fraction of sp³-hybridized carbons (Fsp3) is 0.348. The number of carbonyl (C=O) groups is 2. The Morgan fingerprint density at radius 3 is 2.61 bits per heavy atom. The van der Waals surface area contributed by atoms with Gasteiger partial charge in [0, 0.05) is 36.5 Å². The number of nitrogens with one attached hydrogen (secondary N) is 2. The van der Waals surface area contributed by atoms with Gasteiger partial charge >= 0.3 is 6.03 Å². The number of amides is 3. The number of hydrogen-bond donors (Lipinski definition) is 2. The summed E-state index contributed by atoms with van der Waals surface area (Å²) in [5, 5.41) is 2.36. The largest absolute Gasteiger partial charge is 0.496 e. The normalized spacial score (nSPS) is 15.5. The Morgan fingerprint density at radius 1 is 1.21 bits per heavy atom. The van der Waals surface area contributed by atoms with E-state index < -0.39 is 17.0 Å². The first-order chi connectivity index (χ1) is 15.6. The predicted octanol–water partition coefficient (Wildman–Crippen LogP) is 3.95. The second kappa shape index (κ2) is 8.51. The summed E-state index contributed by atoms with van der Waals surface area (Å²) in [7, 11) is 0.366. The Labute approximate surface area is 194 Å². The van der Waals surface area contributed by atoms with Crippen LogP contribution in [-0.4, -0.2) is 41.0 Å². The van der Waals surface area contributed by atoms with Crippen molar-refractivity contribution in [2.24, 2.45) is 0 Å². The second-order valence-corrected chi connectivity index (χ2v) is 9.95. The lowest BCUT2D eigenvalue weighted by molar-refractivity contribution is -0.120. The number of fused-ring (bicyclic) bond motifs is 1. The van der Waals surface area contributed by atoms with E-state index in [4.69, 9.17) is 9.15 Å². The molecule has 1 unspecified atom stereocenters. The van der Waals surface area contributed by atoms with Gasteiger partial charge in [-0.2, -0.15) is 0 Å². The van der Waals surface area contributed by atoms with E-state index in [0.29, 0.717) is 39.7 Å². The Bertz CT molecular complexity index is 1280. The predicted molar refractivity (Wildman–Crippen MR) is 128 cm³/mol. The highest BCUT2D eigenvalue weighted by atomic mass is 32.2. The first-order valence-corrected chi connectivity index (χ1v) is 12.0.